The highest BCUT2D eigenvalue weighted by Gasteiger charge is 2.24. The quantitative estimate of drug-likeness (QED) is 0.160. The van der Waals surface area contributed by atoms with E-state index in [1.54, 1.807) is 0 Å². The van der Waals surface area contributed by atoms with Crippen molar-refractivity contribution < 1.29 is 4.42 Å². The number of hydrogen-bond acceptors (Lipinski definition) is 2. The number of furan rings is 1. The largest absolute Gasteiger partial charge is 0.455 e. The Hall–Kier alpha value is -9.58. The van der Waals surface area contributed by atoms with Gasteiger partial charge in [0, 0.05) is 66.4 Å². The van der Waals surface area contributed by atoms with Crippen LogP contribution in [0.25, 0.3) is 116 Å². The first-order chi connectivity index (χ1) is 35.2. The molecule has 0 unspecified atom stereocenters. The van der Waals surface area contributed by atoms with Gasteiger partial charge in [-0.05, 0) is 132 Å². The van der Waals surface area contributed by atoms with E-state index in [0.717, 1.165) is 99.7 Å². The second-order valence-corrected chi connectivity index (χ2v) is 18.5. The first-order valence-electron chi connectivity index (χ1n) is 24.3. The maximum atomic E-state index is 7.32. The van der Waals surface area contributed by atoms with Crippen LogP contribution in [0.15, 0.2) is 259 Å². The molecule has 0 atom stereocenters. The molecule has 4 heterocycles. The topological polar surface area (TPSA) is 31.2 Å². The van der Waals surface area contributed by atoms with Crippen LogP contribution in [0.4, 0.5) is 17.1 Å². The molecular formula is C66H42N4O. The summed E-state index contributed by atoms with van der Waals surface area (Å²) < 4.78 is 14.5. The second kappa shape index (κ2) is 15.5. The molecular weight excluding hydrogens is 865 g/mol. The third kappa shape index (κ3) is 5.93. The minimum absolute atomic E-state index is 0.901. The average molecular weight is 907 g/mol. The molecule has 15 rings (SSSR count). The van der Waals surface area contributed by atoms with Crippen molar-refractivity contribution in [2.45, 2.75) is 0 Å². The highest BCUT2D eigenvalue weighted by atomic mass is 16.3. The van der Waals surface area contributed by atoms with Gasteiger partial charge < -0.3 is 23.0 Å². The van der Waals surface area contributed by atoms with Gasteiger partial charge in [0.1, 0.15) is 11.2 Å². The zero-order valence-electron chi connectivity index (χ0n) is 38.4. The Morgan fingerprint density at radius 3 is 1.25 bits per heavy atom. The fraction of sp³-hybridized carbons (Fsp3) is 0. The Morgan fingerprint density at radius 2 is 0.648 bits per heavy atom. The molecule has 0 fully saturated rings. The lowest BCUT2D eigenvalue weighted by Gasteiger charge is -2.26. The predicted octanol–water partition coefficient (Wildman–Crippen LogP) is 18.0. The van der Waals surface area contributed by atoms with E-state index >= 15 is 0 Å². The van der Waals surface area contributed by atoms with Crippen molar-refractivity contribution in [1.29, 1.82) is 0 Å². The van der Waals surface area contributed by atoms with Crippen LogP contribution in [0.3, 0.4) is 0 Å². The van der Waals surface area contributed by atoms with Crippen molar-refractivity contribution in [1.82, 2.24) is 13.7 Å². The minimum Gasteiger partial charge on any atom is -0.455 e. The van der Waals surface area contributed by atoms with Crippen molar-refractivity contribution in [3.63, 3.8) is 0 Å². The van der Waals surface area contributed by atoms with Gasteiger partial charge in [-0.1, -0.05) is 133 Å². The van der Waals surface area contributed by atoms with Crippen LogP contribution >= 0.6 is 0 Å². The van der Waals surface area contributed by atoms with Gasteiger partial charge in [-0.2, -0.15) is 0 Å². The normalized spacial score (nSPS) is 11.9. The van der Waals surface area contributed by atoms with Crippen molar-refractivity contribution in [2.24, 2.45) is 0 Å². The molecule has 0 saturated carbocycles. The van der Waals surface area contributed by atoms with Crippen molar-refractivity contribution in [3.05, 3.63) is 255 Å². The Morgan fingerprint density at radius 1 is 0.254 bits per heavy atom. The number of para-hydroxylation sites is 5. The summed E-state index contributed by atoms with van der Waals surface area (Å²) in [6, 6.07) is 91.8. The van der Waals surface area contributed by atoms with Gasteiger partial charge >= 0.3 is 0 Å². The number of nitrogens with zero attached hydrogens (tertiary/aromatic N) is 4. The zero-order chi connectivity index (χ0) is 46.6. The highest BCUT2D eigenvalue weighted by molar-refractivity contribution is 6.29. The van der Waals surface area contributed by atoms with Crippen LogP contribution in [-0.4, -0.2) is 13.7 Å². The Bertz CT molecular complexity index is 4540. The maximum Gasteiger partial charge on any atom is 0.145 e. The van der Waals surface area contributed by atoms with E-state index in [2.05, 4.69) is 273 Å². The SMILES string of the molecule is c1ccc(-c2ccc(N(c3ccccc3)c3ccc(-n4c5ccccc5c5c6oc7c(ccc8c7c7ccccc7n8-c7ccc8c(c7)c7ccccc7n8-c7ccccc7)c6ccc54)cc3)cc2)cc1. The summed E-state index contributed by atoms with van der Waals surface area (Å²) in [5.41, 5.74) is 17.7. The zero-order valence-corrected chi connectivity index (χ0v) is 38.4. The number of benzene rings is 11. The average Bonchev–Trinajstić information content (AvgIpc) is 4.19. The molecule has 0 aliphatic carbocycles. The summed E-state index contributed by atoms with van der Waals surface area (Å²) in [5.74, 6) is 0. The molecule has 0 aliphatic heterocycles. The Kier molecular flexibility index (Phi) is 8.59. The van der Waals surface area contributed by atoms with Crippen LogP contribution in [0.1, 0.15) is 0 Å². The van der Waals surface area contributed by atoms with Gasteiger partial charge in [-0.25, -0.2) is 0 Å². The summed E-state index contributed by atoms with van der Waals surface area (Å²) in [6.45, 7) is 0. The molecule has 11 aromatic carbocycles. The molecule has 0 saturated heterocycles. The lowest BCUT2D eigenvalue weighted by molar-refractivity contribution is 0.677. The molecule has 0 N–H and O–H groups in total. The molecule has 332 valence electrons. The van der Waals surface area contributed by atoms with Crippen LogP contribution in [0.5, 0.6) is 0 Å². The second-order valence-electron chi connectivity index (χ2n) is 18.5. The first kappa shape index (κ1) is 39.4. The molecule has 71 heavy (non-hydrogen) atoms. The molecule has 4 aromatic heterocycles. The summed E-state index contributed by atoms with van der Waals surface area (Å²) in [6.07, 6.45) is 0. The fourth-order valence-corrected chi connectivity index (χ4v) is 11.5. The number of hydrogen-bond donors (Lipinski definition) is 0. The molecule has 0 amide bonds. The smallest absolute Gasteiger partial charge is 0.145 e. The van der Waals surface area contributed by atoms with E-state index < -0.39 is 0 Å². The van der Waals surface area contributed by atoms with E-state index in [0.29, 0.717) is 0 Å². The Labute approximate surface area is 408 Å². The van der Waals surface area contributed by atoms with E-state index in [-0.39, 0.29) is 0 Å². The lowest BCUT2D eigenvalue weighted by atomic mass is 10.0. The lowest BCUT2D eigenvalue weighted by Crippen LogP contribution is -2.10. The van der Waals surface area contributed by atoms with E-state index in [1.165, 1.54) is 32.9 Å². The van der Waals surface area contributed by atoms with Crippen molar-refractivity contribution in [3.8, 4) is 28.2 Å². The third-order valence-electron chi connectivity index (χ3n) is 14.6. The molecule has 15 aromatic rings. The Balaban J connectivity index is 0.882. The molecule has 5 heteroatoms. The van der Waals surface area contributed by atoms with Gasteiger partial charge in [0.25, 0.3) is 0 Å². The highest BCUT2D eigenvalue weighted by Crippen LogP contribution is 2.46. The molecule has 5 nitrogen and oxygen atoms in total. The number of fused-ring (bicyclic) bond motifs is 14. The summed E-state index contributed by atoms with van der Waals surface area (Å²) in [5, 5.41) is 9.21. The van der Waals surface area contributed by atoms with Crippen LogP contribution < -0.4 is 4.90 Å². The molecule has 0 aliphatic rings. The summed E-state index contributed by atoms with van der Waals surface area (Å²) in [7, 11) is 0. The molecule has 0 spiro atoms. The maximum absolute atomic E-state index is 7.32. The minimum atomic E-state index is 0.901. The monoisotopic (exact) mass is 906 g/mol. The third-order valence-corrected chi connectivity index (χ3v) is 14.6. The van der Waals surface area contributed by atoms with Gasteiger partial charge in [-0.15, -0.1) is 0 Å². The van der Waals surface area contributed by atoms with E-state index in [1.807, 2.05) is 0 Å². The first-order valence-corrected chi connectivity index (χ1v) is 24.3. The van der Waals surface area contributed by atoms with Gasteiger partial charge in [-0.3, -0.25) is 0 Å². The van der Waals surface area contributed by atoms with Crippen LogP contribution in [0, 0.1) is 0 Å². The molecule has 0 radical (unpaired) electrons. The molecule has 0 bridgehead atoms. The van der Waals surface area contributed by atoms with E-state index in [9.17, 15) is 0 Å². The number of rotatable bonds is 7. The fourth-order valence-electron chi connectivity index (χ4n) is 11.5. The van der Waals surface area contributed by atoms with Gasteiger partial charge in [0.2, 0.25) is 0 Å². The van der Waals surface area contributed by atoms with Crippen LogP contribution in [-0.2, 0) is 0 Å². The van der Waals surface area contributed by atoms with Gasteiger partial charge in [0.15, 0.2) is 0 Å². The summed E-state index contributed by atoms with van der Waals surface area (Å²) in [4.78, 5) is 2.32. The van der Waals surface area contributed by atoms with Gasteiger partial charge in [0.05, 0.1) is 43.9 Å². The number of aromatic nitrogens is 3. The summed E-state index contributed by atoms with van der Waals surface area (Å²) >= 11 is 0. The van der Waals surface area contributed by atoms with Crippen molar-refractivity contribution in [2.75, 3.05) is 4.90 Å². The standard InChI is InChI=1S/C66H42N4O/c1-4-16-43(17-5-1)44-28-30-47(31-29-44)67(45-18-6-2-7-19-45)48-32-34-49(35-33-48)69-58-26-14-11-23-54(58)63-61(69)40-37-52-53-38-41-62-64(66(53)71-65(52)63)55-24-12-15-27-59(55)70(62)50-36-39-60-56(42-50)51-22-10-13-25-57(51)68(60)46-20-8-3-9-21-46/h1-42H. The van der Waals surface area contributed by atoms with E-state index in [4.69, 9.17) is 4.42 Å². The predicted molar refractivity (Wildman–Crippen MR) is 297 cm³/mol. The van der Waals surface area contributed by atoms with Crippen molar-refractivity contribution >= 4 is 104 Å². The van der Waals surface area contributed by atoms with Crippen LogP contribution in [0.2, 0.25) is 0 Å². The number of anilines is 3.